The molecule has 2 amide bonds. The summed E-state index contributed by atoms with van der Waals surface area (Å²) in [5, 5.41) is 7.03. The molecule has 0 radical (unpaired) electrons. The van der Waals surface area contributed by atoms with Crippen molar-refractivity contribution in [3.8, 4) is 5.69 Å². The second-order valence-corrected chi connectivity index (χ2v) is 6.83. The zero-order chi connectivity index (χ0) is 21.1. The minimum atomic E-state index is -0.481. The van der Waals surface area contributed by atoms with Crippen LogP contribution in [0.2, 0.25) is 0 Å². The average Bonchev–Trinajstić information content (AvgIpc) is 3.07. The Bertz CT molecular complexity index is 1060. The molecule has 8 heteroatoms. The molecule has 0 fully saturated rings. The van der Waals surface area contributed by atoms with E-state index in [4.69, 9.17) is 0 Å². The van der Waals surface area contributed by atoms with Crippen LogP contribution in [0.5, 0.6) is 0 Å². The first-order valence-electron chi connectivity index (χ1n) is 9.07. The van der Waals surface area contributed by atoms with Gasteiger partial charge >= 0.3 is 0 Å². The number of amides is 2. The predicted octanol–water partition coefficient (Wildman–Crippen LogP) is 3.04. The van der Waals surface area contributed by atoms with Gasteiger partial charge in [0.2, 0.25) is 11.7 Å². The number of aryl methyl sites for hydroxylation is 2. The number of carbonyl (C=O) groups is 2. The smallest absolute Gasteiger partial charge is 0.293 e. The molecule has 0 spiro atoms. The third kappa shape index (κ3) is 4.48. The minimum Gasteiger partial charge on any atom is -0.330 e. The van der Waals surface area contributed by atoms with E-state index >= 15 is 0 Å². The number of aromatic nitrogens is 3. The molecule has 150 valence electrons. The maximum absolute atomic E-state index is 13.1. The first kappa shape index (κ1) is 20.2. The number of likely N-dealkylation sites (N-methyl/N-ethyl adjacent to an activating group) is 1. The van der Waals surface area contributed by atoms with Crippen molar-refractivity contribution in [2.75, 3.05) is 18.9 Å². The van der Waals surface area contributed by atoms with Gasteiger partial charge in [-0.2, -0.15) is 0 Å². The molecule has 0 aliphatic rings. The van der Waals surface area contributed by atoms with Crippen molar-refractivity contribution in [2.24, 2.45) is 0 Å². The largest absolute Gasteiger partial charge is 0.330 e. The summed E-state index contributed by atoms with van der Waals surface area (Å²) in [6, 6.07) is 11.4. The maximum atomic E-state index is 13.1. The molecule has 7 nitrogen and oxygen atoms in total. The summed E-state index contributed by atoms with van der Waals surface area (Å²) in [6.45, 7) is 5.44. The highest BCUT2D eigenvalue weighted by atomic mass is 19.1. The van der Waals surface area contributed by atoms with Gasteiger partial charge in [-0.15, -0.1) is 5.10 Å². The summed E-state index contributed by atoms with van der Waals surface area (Å²) < 4.78 is 14.6. The van der Waals surface area contributed by atoms with E-state index in [0.29, 0.717) is 17.2 Å². The number of benzene rings is 2. The Labute approximate surface area is 168 Å². The molecule has 0 bridgehead atoms. The van der Waals surface area contributed by atoms with Crippen molar-refractivity contribution in [1.29, 1.82) is 0 Å². The van der Waals surface area contributed by atoms with Gasteiger partial charge in [-0.25, -0.2) is 14.1 Å². The van der Waals surface area contributed by atoms with Gasteiger partial charge in [0.25, 0.3) is 5.91 Å². The average molecular weight is 395 g/mol. The second kappa shape index (κ2) is 8.22. The van der Waals surface area contributed by atoms with Gasteiger partial charge in [0, 0.05) is 12.7 Å². The molecule has 3 rings (SSSR count). The normalized spacial score (nSPS) is 10.7. The fourth-order valence-electron chi connectivity index (χ4n) is 2.84. The molecule has 0 aliphatic heterocycles. The molecule has 0 atom stereocenters. The van der Waals surface area contributed by atoms with Crippen LogP contribution in [0.4, 0.5) is 10.1 Å². The van der Waals surface area contributed by atoms with Crippen molar-refractivity contribution in [3.05, 3.63) is 71.1 Å². The summed E-state index contributed by atoms with van der Waals surface area (Å²) in [4.78, 5) is 30.5. The Morgan fingerprint density at radius 3 is 2.48 bits per heavy atom. The number of nitrogens with one attached hydrogen (secondary N) is 1. The van der Waals surface area contributed by atoms with Crippen LogP contribution >= 0.6 is 0 Å². The summed E-state index contributed by atoms with van der Waals surface area (Å²) in [5.74, 6) is -0.714. The Morgan fingerprint density at radius 1 is 1.10 bits per heavy atom. The summed E-state index contributed by atoms with van der Waals surface area (Å²) >= 11 is 0. The van der Waals surface area contributed by atoms with Gasteiger partial charge in [0.05, 0.1) is 12.2 Å². The van der Waals surface area contributed by atoms with Gasteiger partial charge in [0.1, 0.15) is 11.6 Å². The number of hydrogen-bond acceptors (Lipinski definition) is 4. The first-order valence-corrected chi connectivity index (χ1v) is 9.07. The van der Waals surface area contributed by atoms with Crippen LogP contribution < -0.4 is 5.32 Å². The third-order valence-electron chi connectivity index (χ3n) is 4.64. The van der Waals surface area contributed by atoms with Crippen molar-refractivity contribution < 1.29 is 14.0 Å². The van der Waals surface area contributed by atoms with Gasteiger partial charge in [-0.1, -0.05) is 12.1 Å². The van der Waals surface area contributed by atoms with E-state index in [0.717, 1.165) is 11.1 Å². The van der Waals surface area contributed by atoms with E-state index in [-0.39, 0.29) is 24.1 Å². The molecule has 0 aliphatic carbocycles. The molecule has 29 heavy (non-hydrogen) atoms. The van der Waals surface area contributed by atoms with Crippen LogP contribution in [0.25, 0.3) is 5.69 Å². The van der Waals surface area contributed by atoms with Gasteiger partial charge < -0.3 is 10.2 Å². The number of halogens is 1. The monoisotopic (exact) mass is 395 g/mol. The lowest BCUT2D eigenvalue weighted by molar-refractivity contribution is -0.116. The van der Waals surface area contributed by atoms with Crippen LogP contribution in [0.1, 0.15) is 27.6 Å². The number of anilines is 1. The summed E-state index contributed by atoms with van der Waals surface area (Å²) in [5.41, 5.74) is 3.35. The van der Waals surface area contributed by atoms with Crippen LogP contribution in [0.3, 0.4) is 0 Å². The topological polar surface area (TPSA) is 80.1 Å². The highest BCUT2D eigenvalue weighted by Gasteiger charge is 2.21. The molecule has 1 aromatic heterocycles. The van der Waals surface area contributed by atoms with Gasteiger partial charge in [-0.3, -0.25) is 9.59 Å². The molecular weight excluding hydrogens is 373 g/mol. The summed E-state index contributed by atoms with van der Waals surface area (Å²) in [7, 11) is 1.51. The molecule has 3 aromatic rings. The van der Waals surface area contributed by atoms with Gasteiger partial charge in [-0.05, 0) is 62.2 Å². The highest BCUT2D eigenvalue weighted by Crippen LogP contribution is 2.18. The predicted molar refractivity (Wildman–Crippen MR) is 108 cm³/mol. The number of hydrogen-bond donors (Lipinski definition) is 1. The van der Waals surface area contributed by atoms with E-state index in [1.807, 2.05) is 32.0 Å². The SMILES string of the molecule is Cc1cccc(NC(=O)CN(C)C(=O)c2nc(C)n(-c3ccc(F)cc3)n2)c1C. The molecule has 2 aromatic carbocycles. The van der Waals surface area contributed by atoms with E-state index in [2.05, 4.69) is 15.4 Å². The van der Waals surface area contributed by atoms with Crippen LogP contribution in [-0.4, -0.2) is 45.1 Å². The van der Waals surface area contributed by atoms with Crippen molar-refractivity contribution in [3.63, 3.8) is 0 Å². The lowest BCUT2D eigenvalue weighted by atomic mass is 10.1. The van der Waals surface area contributed by atoms with Crippen LogP contribution in [0.15, 0.2) is 42.5 Å². The lowest BCUT2D eigenvalue weighted by Gasteiger charge is -2.16. The van der Waals surface area contributed by atoms with Crippen LogP contribution in [0, 0.1) is 26.6 Å². The fraction of sp³-hybridized carbons (Fsp3) is 0.238. The molecule has 1 N–H and O–H groups in total. The van der Waals surface area contributed by atoms with Gasteiger partial charge in [0.15, 0.2) is 0 Å². The Kier molecular flexibility index (Phi) is 5.72. The minimum absolute atomic E-state index is 0.0335. The lowest BCUT2D eigenvalue weighted by Crippen LogP contribution is -2.35. The van der Waals surface area contributed by atoms with E-state index in [9.17, 15) is 14.0 Å². The summed E-state index contributed by atoms with van der Waals surface area (Å²) in [6.07, 6.45) is 0. The molecular formula is C21H22FN5O2. The van der Waals surface area contributed by atoms with E-state index in [1.54, 1.807) is 19.1 Å². The number of carbonyl (C=O) groups excluding carboxylic acids is 2. The number of nitrogens with zero attached hydrogens (tertiary/aromatic N) is 4. The van der Waals surface area contributed by atoms with Crippen molar-refractivity contribution >= 4 is 17.5 Å². The van der Waals surface area contributed by atoms with E-state index in [1.165, 1.54) is 28.8 Å². The molecule has 0 saturated carbocycles. The third-order valence-corrected chi connectivity index (χ3v) is 4.64. The Balaban J connectivity index is 1.70. The van der Waals surface area contributed by atoms with Crippen LogP contribution in [-0.2, 0) is 4.79 Å². The van der Waals surface area contributed by atoms with E-state index < -0.39 is 5.91 Å². The second-order valence-electron chi connectivity index (χ2n) is 6.83. The first-order chi connectivity index (χ1) is 13.8. The van der Waals surface area contributed by atoms with Crippen molar-refractivity contribution in [2.45, 2.75) is 20.8 Å². The zero-order valence-electron chi connectivity index (χ0n) is 16.7. The number of rotatable bonds is 5. The molecule has 0 unspecified atom stereocenters. The Morgan fingerprint density at radius 2 is 1.79 bits per heavy atom. The maximum Gasteiger partial charge on any atom is 0.293 e. The standard InChI is InChI=1S/C21H22FN5O2/c1-13-6-5-7-18(14(13)2)24-19(28)12-26(4)21(29)20-23-15(3)27(25-20)17-10-8-16(22)9-11-17/h5-11H,12H2,1-4H3,(H,24,28). The van der Waals surface area contributed by atoms with Crippen molar-refractivity contribution in [1.82, 2.24) is 19.7 Å². The highest BCUT2D eigenvalue weighted by molar-refractivity contribution is 5.98. The Hall–Kier alpha value is -3.55. The quantitative estimate of drug-likeness (QED) is 0.720. The zero-order valence-corrected chi connectivity index (χ0v) is 16.7. The fourth-order valence-corrected chi connectivity index (χ4v) is 2.84. The molecule has 0 saturated heterocycles. The molecule has 1 heterocycles.